The lowest BCUT2D eigenvalue weighted by Gasteiger charge is -2.26. The van der Waals surface area contributed by atoms with Gasteiger partial charge in [0.15, 0.2) is 0 Å². The van der Waals surface area contributed by atoms with E-state index in [1.54, 1.807) is 12.1 Å². The Balaban J connectivity index is 2.10. The van der Waals surface area contributed by atoms with Gasteiger partial charge in [-0.1, -0.05) is 32.1 Å². The maximum atomic E-state index is 12.6. The number of esters is 1. The highest BCUT2D eigenvalue weighted by Crippen LogP contribution is 2.28. The summed E-state index contributed by atoms with van der Waals surface area (Å²) in [6.45, 7) is 3.75. The van der Waals surface area contributed by atoms with Crippen LogP contribution >= 0.6 is 0 Å². The Morgan fingerprint density at radius 2 is 1.79 bits per heavy atom. The Labute approximate surface area is 143 Å². The number of hydrogen-bond acceptors (Lipinski definition) is 4. The normalized spacial score (nSPS) is 16.5. The number of amides is 1. The average molecular weight is 332 g/mol. The second-order valence-corrected chi connectivity index (χ2v) is 6.81. The molecule has 1 aliphatic rings. The van der Waals surface area contributed by atoms with E-state index < -0.39 is 6.04 Å². The van der Waals surface area contributed by atoms with Crippen molar-refractivity contribution in [2.75, 3.05) is 12.8 Å². The molecule has 24 heavy (non-hydrogen) atoms. The summed E-state index contributed by atoms with van der Waals surface area (Å²) >= 11 is 0. The SMILES string of the molecule is COC(=O)[C@H](CC1CCCCC1)NC(=O)c1cc(C)c(N)c(C)c1. The second-order valence-electron chi connectivity index (χ2n) is 6.81. The summed E-state index contributed by atoms with van der Waals surface area (Å²) in [7, 11) is 1.36. The van der Waals surface area contributed by atoms with Crippen molar-refractivity contribution in [1.29, 1.82) is 0 Å². The molecule has 5 nitrogen and oxygen atoms in total. The summed E-state index contributed by atoms with van der Waals surface area (Å²) in [5, 5.41) is 2.85. The van der Waals surface area contributed by atoms with Gasteiger partial charge in [0.2, 0.25) is 0 Å². The van der Waals surface area contributed by atoms with Crippen molar-refractivity contribution in [3.63, 3.8) is 0 Å². The van der Waals surface area contributed by atoms with Crippen LogP contribution in [0.4, 0.5) is 5.69 Å². The van der Waals surface area contributed by atoms with Crippen LogP contribution in [0.1, 0.15) is 60.0 Å². The number of carbonyl (C=O) groups is 2. The van der Waals surface area contributed by atoms with E-state index in [1.165, 1.54) is 26.4 Å². The average Bonchev–Trinajstić information content (AvgIpc) is 2.58. The highest BCUT2D eigenvalue weighted by atomic mass is 16.5. The minimum atomic E-state index is -0.594. The maximum absolute atomic E-state index is 12.6. The predicted molar refractivity (Wildman–Crippen MR) is 94.8 cm³/mol. The zero-order valence-electron chi connectivity index (χ0n) is 14.9. The Bertz CT molecular complexity index is 584. The molecule has 3 N–H and O–H groups in total. The van der Waals surface area contributed by atoms with Crippen LogP contribution < -0.4 is 11.1 Å². The smallest absolute Gasteiger partial charge is 0.328 e. The number of ether oxygens (including phenoxy) is 1. The van der Waals surface area contributed by atoms with Gasteiger partial charge in [-0.2, -0.15) is 0 Å². The molecule has 0 unspecified atom stereocenters. The van der Waals surface area contributed by atoms with Crippen LogP contribution in [0.3, 0.4) is 0 Å². The van der Waals surface area contributed by atoms with Crippen LogP contribution in [0.15, 0.2) is 12.1 Å². The molecule has 5 heteroatoms. The van der Waals surface area contributed by atoms with Crippen LogP contribution in [0.25, 0.3) is 0 Å². The number of carbonyl (C=O) groups excluding carboxylic acids is 2. The number of nitrogens with one attached hydrogen (secondary N) is 1. The molecule has 0 heterocycles. The van der Waals surface area contributed by atoms with Gasteiger partial charge in [-0.25, -0.2) is 4.79 Å². The monoisotopic (exact) mass is 332 g/mol. The van der Waals surface area contributed by atoms with E-state index in [-0.39, 0.29) is 11.9 Å². The summed E-state index contributed by atoms with van der Waals surface area (Å²) in [4.78, 5) is 24.7. The summed E-state index contributed by atoms with van der Waals surface area (Å²) < 4.78 is 4.88. The first-order valence-electron chi connectivity index (χ1n) is 8.67. The molecule has 0 spiro atoms. The lowest BCUT2D eigenvalue weighted by molar-refractivity contribution is -0.143. The standard InChI is InChI=1S/C19H28N2O3/c1-12-9-15(10-13(2)17(12)20)18(22)21-16(19(23)24-3)11-14-7-5-4-6-8-14/h9-10,14,16H,4-8,11,20H2,1-3H3,(H,21,22)/t16-/m0/s1. The molecular weight excluding hydrogens is 304 g/mol. The lowest BCUT2D eigenvalue weighted by Crippen LogP contribution is -2.43. The van der Waals surface area contributed by atoms with E-state index in [1.807, 2.05) is 13.8 Å². The van der Waals surface area contributed by atoms with Gasteiger partial charge in [0.1, 0.15) is 6.04 Å². The van der Waals surface area contributed by atoms with Crippen molar-refractivity contribution in [2.45, 2.75) is 58.4 Å². The van der Waals surface area contributed by atoms with Gasteiger partial charge < -0.3 is 15.8 Å². The number of benzene rings is 1. The molecular formula is C19H28N2O3. The molecule has 0 bridgehead atoms. The van der Waals surface area contributed by atoms with Crippen LogP contribution in [0, 0.1) is 19.8 Å². The summed E-state index contributed by atoms with van der Waals surface area (Å²) in [6, 6.07) is 2.92. The van der Waals surface area contributed by atoms with Gasteiger partial charge in [0, 0.05) is 11.3 Å². The molecule has 1 aromatic carbocycles. The Morgan fingerprint density at radius 3 is 2.33 bits per heavy atom. The van der Waals surface area contributed by atoms with E-state index in [9.17, 15) is 9.59 Å². The number of aryl methyl sites for hydroxylation is 2. The Hall–Kier alpha value is -2.04. The fourth-order valence-electron chi connectivity index (χ4n) is 3.46. The van der Waals surface area contributed by atoms with Crippen molar-refractivity contribution >= 4 is 17.6 Å². The topological polar surface area (TPSA) is 81.4 Å². The van der Waals surface area contributed by atoms with Crippen molar-refractivity contribution in [1.82, 2.24) is 5.32 Å². The molecule has 132 valence electrons. The highest BCUT2D eigenvalue weighted by molar-refractivity contribution is 5.97. The Kier molecular flexibility index (Phi) is 6.23. The van der Waals surface area contributed by atoms with Crippen LogP contribution in [-0.2, 0) is 9.53 Å². The van der Waals surface area contributed by atoms with Crippen LogP contribution in [-0.4, -0.2) is 25.0 Å². The zero-order chi connectivity index (χ0) is 17.7. The van der Waals surface area contributed by atoms with Gasteiger partial charge in [-0.15, -0.1) is 0 Å². The summed E-state index contributed by atoms with van der Waals surface area (Å²) in [5.74, 6) is -0.164. The number of hydrogen-bond donors (Lipinski definition) is 2. The fourth-order valence-corrected chi connectivity index (χ4v) is 3.46. The first-order chi connectivity index (χ1) is 11.4. The van der Waals surface area contributed by atoms with Crippen molar-refractivity contribution in [2.24, 2.45) is 5.92 Å². The number of anilines is 1. The minimum Gasteiger partial charge on any atom is -0.467 e. The number of methoxy groups -OCH3 is 1. The lowest BCUT2D eigenvalue weighted by atomic mass is 9.84. The molecule has 0 aliphatic heterocycles. The fraction of sp³-hybridized carbons (Fsp3) is 0.579. The molecule has 2 rings (SSSR count). The van der Waals surface area contributed by atoms with E-state index in [4.69, 9.17) is 10.5 Å². The van der Waals surface area contributed by atoms with E-state index >= 15 is 0 Å². The Morgan fingerprint density at radius 1 is 1.21 bits per heavy atom. The molecule has 1 atom stereocenters. The molecule has 1 amide bonds. The molecule has 0 saturated heterocycles. The molecule has 0 radical (unpaired) electrons. The number of nitrogens with two attached hydrogens (primary N) is 1. The first kappa shape index (κ1) is 18.3. The van der Waals surface area contributed by atoms with Crippen LogP contribution in [0.5, 0.6) is 0 Å². The molecule has 1 aliphatic carbocycles. The van der Waals surface area contributed by atoms with Crippen LogP contribution in [0.2, 0.25) is 0 Å². The zero-order valence-corrected chi connectivity index (χ0v) is 14.9. The van der Waals surface area contributed by atoms with Gasteiger partial charge in [0.05, 0.1) is 7.11 Å². The minimum absolute atomic E-state index is 0.257. The van der Waals surface area contributed by atoms with E-state index in [2.05, 4.69) is 5.32 Å². The third kappa shape index (κ3) is 4.49. The molecule has 1 saturated carbocycles. The second kappa shape index (κ2) is 8.18. The van der Waals surface area contributed by atoms with E-state index in [0.29, 0.717) is 23.6 Å². The first-order valence-corrected chi connectivity index (χ1v) is 8.67. The van der Waals surface area contributed by atoms with Gasteiger partial charge in [0.25, 0.3) is 5.91 Å². The van der Waals surface area contributed by atoms with Crippen molar-refractivity contribution < 1.29 is 14.3 Å². The highest BCUT2D eigenvalue weighted by Gasteiger charge is 2.27. The predicted octanol–water partition coefficient (Wildman–Crippen LogP) is 3.13. The maximum Gasteiger partial charge on any atom is 0.328 e. The summed E-state index contributed by atoms with van der Waals surface area (Å²) in [6.07, 6.45) is 6.53. The molecule has 0 aromatic heterocycles. The molecule has 1 aromatic rings. The third-order valence-corrected chi connectivity index (χ3v) is 4.94. The third-order valence-electron chi connectivity index (χ3n) is 4.94. The van der Waals surface area contributed by atoms with Gasteiger partial charge in [-0.3, -0.25) is 4.79 Å². The summed E-state index contributed by atoms with van der Waals surface area (Å²) in [5.41, 5.74) is 8.88. The quantitative estimate of drug-likeness (QED) is 0.641. The number of nitrogen functional groups attached to an aromatic ring is 1. The van der Waals surface area contributed by atoms with Crippen molar-refractivity contribution in [3.8, 4) is 0 Å². The van der Waals surface area contributed by atoms with Crippen molar-refractivity contribution in [3.05, 3.63) is 28.8 Å². The number of rotatable bonds is 5. The largest absolute Gasteiger partial charge is 0.467 e. The van der Waals surface area contributed by atoms with Gasteiger partial charge >= 0.3 is 5.97 Å². The van der Waals surface area contributed by atoms with E-state index in [0.717, 1.165) is 24.0 Å². The molecule has 1 fully saturated rings. The van der Waals surface area contributed by atoms with Gasteiger partial charge in [-0.05, 0) is 49.4 Å².